The van der Waals surface area contributed by atoms with E-state index in [4.69, 9.17) is 27.6 Å². The lowest BCUT2D eigenvalue weighted by atomic mass is 10.4. The topological polar surface area (TPSA) is 89.5 Å². The second kappa shape index (κ2) is 5.05. The summed E-state index contributed by atoms with van der Waals surface area (Å²) in [6, 6.07) is 6.26. The number of carbonyl (C=O) groups is 1. The van der Waals surface area contributed by atoms with Crippen LogP contribution in [0.25, 0.3) is 11.1 Å². The van der Waals surface area contributed by atoms with Gasteiger partial charge in [0.25, 0.3) is 10.0 Å². The lowest BCUT2D eigenvalue weighted by Crippen LogP contribution is -2.18. The number of halogens is 2. The molecule has 0 amide bonds. The van der Waals surface area contributed by atoms with Crippen LogP contribution in [0.2, 0.25) is 10.0 Å². The highest BCUT2D eigenvalue weighted by Gasteiger charge is 2.27. The first-order chi connectivity index (χ1) is 10.3. The summed E-state index contributed by atoms with van der Waals surface area (Å²) in [5, 5.41) is 9.47. The molecule has 3 rings (SSSR count). The summed E-state index contributed by atoms with van der Waals surface area (Å²) >= 11 is 11.6. The van der Waals surface area contributed by atoms with Crippen LogP contribution in [0, 0.1) is 0 Å². The van der Waals surface area contributed by atoms with Crippen molar-refractivity contribution in [1.82, 2.24) is 3.97 Å². The Morgan fingerprint density at radius 3 is 2.50 bits per heavy atom. The molecule has 9 heteroatoms. The van der Waals surface area contributed by atoms with E-state index < -0.39 is 21.7 Å². The molecule has 0 aliphatic heterocycles. The van der Waals surface area contributed by atoms with Gasteiger partial charge in [-0.05, 0) is 18.2 Å². The number of aromatic carboxylic acids is 1. The SMILES string of the molecule is O=C(O)c1cc2occc2n1S(=O)(=O)c1ccc(Cl)c(Cl)c1. The molecule has 0 aliphatic rings. The van der Waals surface area contributed by atoms with E-state index in [1.54, 1.807) is 0 Å². The van der Waals surface area contributed by atoms with E-state index in [2.05, 4.69) is 0 Å². The Morgan fingerprint density at radius 1 is 1.14 bits per heavy atom. The van der Waals surface area contributed by atoms with Crippen LogP contribution in [0.5, 0.6) is 0 Å². The van der Waals surface area contributed by atoms with Crippen molar-refractivity contribution in [2.75, 3.05) is 0 Å². The number of furan rings is 1. The molecule has 22 heavy (non-hydrogen) atoms. The fraction of sp³-hybridized carbons (Fsp3) is 0. The summed E-state index contributed by atoms with van der Waals surface area (Å²) in [4.78, 5) is 11.1. The Morgan fingerprint density at radius 2 is 1.86 bits per heavy atom. The zero-order chi connectivity index (χ0) is 16.1. The summed E-state index contributed by atoms with van der Waals surface area (Å²) < 4.78 is 31.3. The van der Waals surface area contributed by atoms with E-state index in [-0.39, 0.29) is 26.0 Å². The molecule has 2 aromatic heterocycles. The first-order valence-electron chi connectivity index (χ1n) is 5.85. The average molecular weight is 360 g/mol. The fourth-order valence-electron chi connectivity index (χ4n) is 2.05. The molecule has 0 saturated heterocycles. The molecule has 1 N–H and O–H groups in total. The van der Waals surface area contributed by atoms with Gasteiger partial charge in [-0.15, -0.1) is 0 Å². The Kier molecular flexibility index (Phi) is 3.43. The van der Waals surface area contributed by atoms with Crippen molar-refractivity contribution in [2.24, 2.45) is 0 Å². The predicted octanol–water partition coefficient (Wildman–Crippen LogP) is 3.48. The quantitative estimate of drug-likeness (QED) is 0.772. The van der Waals surface area contributed by atoms with Crippen LogP contribution >= 0.6 is 23.2 Å². The van der Waals surface area contributed by atoms with Gasteiger partial charge in [-0.2, -0.15) is 0 Å². The summed E-state index contributed by atoms with van der Waals surface area (Å²) in [7, 11) is -4.17. The van der Waals surface area contributed by atoms with Crippen molar-refractivity contribution >= 4 is 50.3 Å². The maximum Gasteiger partial charge on any atom is 0.353 e. The van der Waals surface area contributed by atoms with Gasteiger partial charge in [-0.3, -0.25) is 0 Å². The Labute approximate surface area is 134 Å². The van der Waals surface area contributed by atoms with Crippen LogP contribution in [-0.2, 0) is 10.0 Å². The molecular weight excluding hydrogens is 353 g/mol. The van der Waals surface area contributed by atoms with E-state index >= 15 is 0 Å². The van der Waals surface area contributed by atoms with Gasteiger partial charge in [0.05, 0.1) is 21.2 Å². The zero-order valence-electron chi connectivity index (χ0n) is 10.7. The Bertz CT molecular complexity index is 1000. The minimum absolute atomic E-state index is 0.0511. The number of fused-ring (bicyclic) bond motifs is 1. The lowest BCUT2D eigenvalue weighted by Gasteiger charge is -2.09. The number of hydrogen-bond donors (Lipinski definition) is 1. The first kappa shape index (κ1) is 15.0. The number of benzene rings is 1. The Balaban J connectivity index is 2.33. The Hall–Kier alpha value is -1.96. The molecule has 114 valence electrons. The number of nitrogens with zero attached hydrogens (tertiary/aromatic N) is 1. The van der Waals surface area contributed by atoms with Crippen molar-refractivity contribution in [2.45, 2.75) is 4.90 Å². The predicted molar refractivity (Wildman–Crippen MR) is 80.2 cm³/mol. The standard InChI is InChI=1S/C13H7Cl2NO5S/c14-8-2-1-7(5-9(8)15)22(19,20)16-10-3-4-21-12(10)6-11(16)13(17)18/h1-6H,(H,17,18). The van der Waals surface area contributed by atoms with E-state index in [1.807, 2.05) is 0 Å². The van der Waals surface area contributed by atoms with Crippen molar-refractivity contribution in [3.63, 3.8) is 0 Å². The maximum absolute atomic E-state index is 12.8. The van der Waals surface area contributed by atoms with Crippen LogP contribution in [0.1, 0.15) is 10.5 Å². The van der Waals surface area contributed by atoms with Crippen molar-refractivity contribution in [3.8, 4) is 0 Å². The fourth-order valence-corrected chi connectivity index (χ4v) is 3.93. The van der Waals surface area contributed by atoms with Gasteiger partial charge in [-0.25, -0.2) is 17.2 Å². The smallest absolute Gasteiger partial charge is 0.353 e. The van der Waals surface area contributed by atoms with Gasteiger partial charge in [0, 0.05) is 12.1 Å². The third-order valence-corrected chi connectivity index (χ3v) is 5.49. The highest BCUT2D eigenvalue weighted by atomic mass is 35.5. The molecular formula is C13H7Cl2NO5S. The number of rotatable bonds is 3. The summed E-state index contributed by atoms with van der Waals surface area (Å²) in [5.74, 6) is -1.39. The zero-order valence-corrected chi connectivity index (χ0v) is 13.0. The van der Waals surface area contributed by atoms with E-state index in [1.165, 1.54) is 24.5 Å². The summed E-state index contributed by atoms with van der Waals surface area (Å²) in [5.41, 5.74) is -0.148. The highest BCUT2D eigenvalue weighted by molar-refractivity contribution is 7.90. The molecule has 0 radical (unpaired) electrons. The molecule has 0 spiro atoms. The van der Waals surface area contributed by atoms with Crippen molar-refractivity contribution in [1.29, 1.82) is 0 Å². The van der Waals surface area contributed by atoms with Gasteiger partial charge in [-0.1, -0.05) is 23.2 Å². The lowest BCUT2D eigenvalue weighted by molar-refractivity contribution is 0.0689. The number of carboxylic acids is 1. The van der Waals surface area contributed by atoms with E-state index in [0.717, 1.165) is 12.1 Å². The molecule has 2 heterocycles. The van der Waals surface area contributed by atoms with E-state index in [9.17, 15) is 18.3 Å². The second-order valence-corrected chi connectivity index (χ2v) is 6.95. The number of aromatic nitrogens is 1. The molecule has 3 aromatic rings. The summed E-state index contributed by atoms with van der Waals surface area (Å²) in [6.07, 6.45) is 1.27. The summed E-state index contributed by atoms with van der Waals surface area (Å²) in [6.45, 7) is 0. The molecule has 0 bridgehead atoms. The molecule has 0 unspecified atom stereocenters. The second-order valence-electron chi connectivity index (χ2n) is 4.35. The van der Waals surface area contributed by atoms with Gasteiger partial charge >= 0.3 is 5.97 Å². The molecule has 0 saturated carbocycles. The van der Waals surface area contributed by atoms with Gasteiger partial charge in [0.1, 0.15) is 11.2 Å². The van der Waals surface area contributed by atoms with Gasteiger partial charge < -0.3 is 9.52 Å². The van der Waals surface area contributed by atoms with Gasteiger partial charge in [0.2, 0.25) is 0 Å². The van der Waals surface area contributed by atoms with Gasteiger partial charge in [0.15, 0.2) is 5.58 Å². The van der Waals surface area contributed by atoms with Crippen LogP contribution < -0.4 is 0 Å². The van der Waals surface area contributed by atoms with Crippen LogP contribution in [-0.4, -0.2) is 23.5 Å². The minimum Gasteiger partial charge on any atom is -0.477 e. The van der Waals surface area contributed by atoms with Crippen molar-refractivity contribution < 1.29 is 22.7 Å². The molecule has 0 fully saturated rings. The molecule has 0 atom stereocenters. The molecule has 0 aliphatic carbocycles. The van der Waals surface area contributed by atoms with Crippen LogP contribution in [0.15, 0.2) is 45.9 Å². The van der Waals surface area contributed by atoms with Crippen LogP contribution in [0.4, 0.5) is 0 Å². The normalized spacial score (nSPS) is 11.9. The number of carboxylic acid groups (broad SMARTS) is 1. The third kappa shape index (κ3) is 2.18. The van der Waals surface area contributed by atoms with E-state index in [0.29, 0.717) is 3.97 Å². The monoisotopic (exact) mass is 359 g/mol. The minimum atomic E-state index is -4.17. The first-order valence-corrected chi connectivity index (χ1v) is 8.05. The largest absolute Gasteiger partial charge is 0.477 e. The third-order valence-electron chi connectivity index (χ3n) is 3.03. The molecule has 6 nitrogen and oxygen atoms in total. The molecule has 1 aromatic carbocycles. The maximum atomic E-state index is 12.8. The average Bonchev–Trinajstić information content (AvgIpc) is 3.01. The van der Waals surface area contributed by atoms with Crippen molar-refractivity contribution in [3.05, 3.63) is 52.3 Å². The van der Waals surface area contributed by atoms with Crippen LogP contribution in [0.3, 0.4) is 0 Å². The highest BCUT2D eigenvalue weighted by Crippen LogP contribution is 2.30. The number of hydrogen-bond acceptors (Lipinski definition) is 4.